The Morgan fingerprint density at radius 3 is 2.56 bits per heavy atom. The number of nitrogens with zero attached hydrogens (tertiary/aromatic N) is 1. The van der Waals surface area contributed by atoms with Crippen LogP contribution in [0.1, 0.15) is 39.5 Å². The van der Waals surface area contributed by atoms with Crippen molar-refractivity contribution in [2.45, 2.75) is 45.6 Å². The molecule has 0 bridgehead atoms. The van der Waals surface area contributed by atoms with Gasteiger partial charge in [0.1, 0.15) is 0 Å². The zero-order valence-electron chi connectivity index (χ0n) is 10.7. The SMILES string of the molecule is CCN(CC=C(C)C(=O)OC)C1CCCC1. The topological polar surface area (TPSA) is 29.5 Å². The quantitative estimate of drug-likeness (QED) is 0.531. The number of hydrogen-bond donors (Lipinski definition) is 0. The summed E-state index contributed by atoms with van der Waals surface area (Å²) in [4.78, 5) is 13.7. The molecule has 0 aromatic carbocycles. The number of esters is 1. The second kappa shape index (κ2) is 6.69. The number of ether oxygens (including phenoxy) is 1. The van der Waals surface area contributed by atoms with Crippen LogP contribution in [0.25, 0.3) is 0 Å². The van der Waals surface area contributed by atoms with Crippen molar-refractivity contribution >= 4 is 5.97 Å². The maximum absolute atomic E-state index is 11.2. The summed E-state index contributed by atoms with van der Waals surface area (Å²) in [7, 11) is 1.42. The van der Waals surface area contributed by atoms with Gasteiger partial charge in [0, 0.05) is 18.2 Å². The third-order valence-electron chi connectivity index (χ3n) is 3.39. The molecule has 3 heteroatoms. The van der Waals surface area contributed by atoms with Gasteiger partial charge in [-0.15, -0.1) is 0 Å². The molecule has 0 spiro atoms. The van der Waals surface area contributed by atoms with Gasteiger partial charge in [-0.3, -0.25) is 4.90 Å². The highest BCUT2D eigenvalue weighted by Crippen LogP contribution is 2.23. The van der Waals surface area contributed by atoms with Crippen LogP contribution in [0.15, 0.2) is 11.6 Å². The van der Waals surface area contributed by atoms with E-state index in [1.807, 2.05) is 13.0 Å². The van der Waals surface area contributed by atoms with E-state index in [-0.39, 0.29) is 5.97 Å². The van der Waals surface area contributed by atoms with Crippen molar-refractivity contribution in [3.05, 3.63) is 11.6 Å². The fourth-order valence-corrected chi connectivity index (χ4v) is 2.30. The Balaban J connectivity index is 2.46. The van der Waals surface area contributed by atoms with E-state index in [0.717, 1.165) is 13.1 Å². The van der Waals surface area contributed by atoms with Crippen molar-refractivity contribution in [1.82, 2.24) is 4.90 Å². The van der Waals surface area contributed by atoms with Crippen molar-refractivity contribution in [3.8, 4) is 0 Å². The Kier molecular flexibility index (Phi) is 5.53. The average Bonchev–Trinajstić information content (AvgIpc) is 2.82. The Labute approximate surface area is 98.5 Å². The minimum Gasteiger partial charge on any atom is -0.466 e. The molecule has 3 nitrogen and oxygen atoms in total. The van der Waals surface area contributed by atoms with Gasteiger partial charge in [0.25, 0.3) is 0 Å². The molecule has 0 saturated heterocycles. The number of hydrogen-bond acceptors (Lipinski definition) is 3. The van der Waals surface area contributed by atoms with E-state index in [1.165, 1.54) is 32.8 Å². The second-order valence-electron chi connectivity index (χ2n) is 4.40. The number of likely N-dealkylation sites (N-methyl/N-ethyl adjacent to an activating group) is 1. The Morgan fingerprint density at radius 2 is 2.06 bits per heavy atom. The van der Waals surface area contributed by atoms with Gasteiger partial charge in [-0.25, -0.2) is 4.79 Å². The molecular weight excluding hydrogens is 202 g/mol. The lowest BCUT2D eigenvalue weighted by molar-refractivity contribution is -0.136. The third kappa shape index (κ3) is 3.63. The van der Waals surface area contributed by atoms with Gasteiger partial charge >= 0.3 is 5.97 Å². The van der Waals surface area contributed by atoms with E-state index in [0.29, 0.717) is 11.6 Å². The molecule has 0 amide bonds. The molecule has 0 unspecified atom stereocenters. The van der Waals surface area contributed by atoms with Gasteiger partial charge in [-0.1, -0.05) is 25.8 Å². The maximum atomic E-state index is 11.2. The van der Waals surface area contributed by atoms with Crippen LogP contribution in [-0.2, 0) is 9.53 Å². The first kappa shape index (κ1) is 13.2. The third-order valence-corrected chi connectivity index (χ3v) is 3.39. The summed E-state index contributed by atoms with van der Waals surface area (Å²) in [5.41, 5.74) is 0.707. The van der Waals surface area contributed by atoms with Gasteiger partial charge in [0.05, 0.1) is 7.11 Å². The molecule has 1 rings (SSSR count). The molecule has 0 aromatic rings. The largest absolute Gasteiger partial charge is 0.466 e. The summed E-state index contributed by atoms with van der Waals surface area (Å²) >= 11 is 0. The predicted molar refractivity (Wildman–Crippen MR) is 65.3 cm³/mol. The predicted octanol–water partition coefficient (Wildman–Crippen LogP) is 2.37. The van der Waals surface area contributed by atoms with Crippen molar-refractivity contribution < 1.29 is 9.53 Å². The van der Waals surface area contributed by atoms with Crippen molar-refractivity contribution in [2.24, 2.45) is 0 Å². The smallest absolute Gasteiger partial charge is 0.333 e. The van der Waals surface area contributed by atoms with Crippen LogP contribution < -0.4 is 0 Å². The van der Waals surface area contributed by atoms with Crippen LogP contribution in [0.4, 0.5) is 0 Å². The molecule has 92 valence electrons. The van der Waals surface area contributed by atoms with Crippen LogP contribution in [-0.4, -0.2) is 37.1 Å². The zero-order valence-corrected chi connectivity index (χ0v) is 10.7. The monoisotopic (exact) mass is 225 g/mol. The average molecular weight is 225 g/mol. The summed E-state index contributed by atoms with van der Waals surface area (Å²) in [5.74, 6) is -0.220. The lowest BCUT2D eigenvalue weighted by Crippen LogP contribution is -2.33. The number of methoxy groups -OCH3 is 1. The molecule has 0 radical (unpaired) electrons. The van der Waals surface area contributed by atoms with Gasteiger partial charge in [0.15, 0.2) is 0 Å². The lowest BCUT2D eigenvalue weighted by Gasteiger charge is -2.26. The highest BCUT2D eigenvalue weighted by Gasteiger charge is 2.20. The Bertz CT molecular complexity index is 255. The molecule has 1 aliphatic carbocycles. The zero-order chi connectivity index (χ0) is 12.0. The second-order valence-corrected chi connectivity index (χ2v) is 4.40. The van der Waals surface area contributed by atoms with Gasteiger partial charge < -0.3 is 4.74 Å². The molecule has 0 aliphatic heterocycles. The van der Waals surface area contributed by atoms with E-state index < -0.39 is 0 Å². The summed E-state index contributed by atoms with van der Waals surface area (Å²) < 4.78 is 4.68. The molecular formula is C13H23NO2. The first-order valence-corrected chi connectivity index (χ1v) is 6.18. The van der Waals surface area contributed by atoms with Crippen LogP contribution in [0, 0.1) is 0 Å². The Hall–Kier alpha value is -0.830. The summed E-state index contributed by atoms with van der Waals surface area (Å²) in [6.07, 6.45) is 7.29. The van der Waals surface area contributed by atoms with E-state index >= 15 is 0 Å². The van der Waals surface area contributed by atoms with Crippen molar-refractivity contribution in [2.75, 3.05) is 20.2 Å². The minimum absolute atomic E-state index is 0.220. The maximum Gasteiger partial charge on any atom is 0.333 e. The summed E-state index contributed by atoms with van der Waals surface area (Å²) in [6.45, 7) is 5.91. The lowest BCUT2D eigenvalue weighted by atomic mass is 10.2. The number of rotatable bonds is 5. The fourth-order valence-electron chi connectivity index (χ4n) is 2.30. The summed E-state index contributed by atoms with van der Waals surface area (Å²) in [5, 5.41) is 0. The molecule has 0 atom stereocenters. The first-order valence-electron chi connectivity index (χ1n) is 6.18. The van der Waals surface area contributed by atoms with Gasteiger partial charge in [-0.05, 0) is 26.3 Å². The van der Waals surface area contributed by atoms with Gasteiger partial charge in [-0.2, -0.15) is 0 Å². The van der Waals surface area contributed by atoms with E-state index in [9.17, 15) is 4.79 Å². The molecule has 1 aliphatic rings. The van der Waals surface area contributed by atoms with E-state index in [4.69, 9.17) is 0 Å². The highest BCUT2D eigenvalue weighted by atomic mass is 16.5. The summed E-state index contributed by atoms with van der Waals surface area (Å²) in [6, 6.07) is 0.715. The minimum atomic E-state index is -0.220. The fraction of sp³-hybridized carbons (Fsp3) is 0.769. The standard InChI is InChI=1S/C13H23NO2/c1-4-14(12-7-5-6-8-12)10-9-11(2)13(15)16-3/h9,12H,4-8,10H2,1-3H3. The highest BCUT2D eigenvalue weighted by molar-refractivity contribution is 5.87. The number of carbonyl (C=O) groups excluding carboxylic acids is 1. The van der Waals surface area contributed by atoms with E-state index in [1.54, 1.807) is 0 Å². The molecule has 0 heterocycles. The molecule has 16 heavy (non-hydrogen) atoms. The molecule has 1 fully saturated rings. The van der Waals surface area contributed by atoms with Gasteiger partial charge in [0.2, 0.25) is 0 Å². The Morgan fingerprint density at radius 1 is 1.44 bits per heavy atom. The van der Waals surface area contributed by atoms with Crippen molar-refractivity contribution in [3.63, 3.8) is 0 Å². The number of carbonyl (C=O) groups is 1. The van der Waals surface area contributed by atoms with Crippen LogP contribution in [0.3, 0.4) is 0 Å². The molecule has 1 saturated carbocycles. The van der Waals surface area contributed by atoms with Crippen molar-refractivity contribution in [1.29, 1.82) is 0 Å². The normalized spacial score (nSPS) is 18.1. The molecule has 0 aromatic heterocycles. The van der Waals surface area contributed by atoms with Crippen LogP contribution in [0.5, 0.6) is 0 Å². The first-order chi connectivity index (χ1) is 7.69. The van der Waals surface area contributed by atoms with E-state index in [2.05, 4.69) is 16.6 Å². The van der Waals surface area contributed by atoms with Crippen LogP contribution in [0.2, 0.25) is 0 Å². The molecule has 0 N–H and O–H groups in total. The van der Waals surface area contributed by atoms with Crippen LogP contribution >= 0.6 is 0 Å².